The molecule has 1 aliphatic heterocycles. The van der Waals surface area contributed by atoms with E-state index in [1.807, 2.05) is 0 Å². The highest BCUT2D eigenvalue weighted by Crippen LogP contribution is 2.48. The molecule has 1 saturated heterocycles. The Kier molecular flexibility index (Phi) is 3.86. The van der Waals surface area contributed by atoms with Crippen LogP contribution in [0.4, 0.5) is 0 Å². The van der Waals surface area contributed by atoms with Crippen molar-refractivity contribution in [3.63, 3.8) is 0 Å². The van der Waals surface area contributed by atoms with E-state index in [2.05, 4.69) is 41.5 Å². The average molecular weight is 212 g/mol. The number of hydrogen-bond donors (Lipinski definition) is 0. The van der Waals surface area contributed by atoms with Crippen LogP contribution in [0, 0.1) is 16.7 Å². The molecule has 0 N–H and O–H groups in total. The van der Waals surface area contributed by atoms with E-state index in [9.17, 15) is 0 Å². The zero-order valence-electron chi connectivity index (χ0n) is 11.4. The van der Waals surface area contributed by atoms with E-state index in [0.717, 1.165) is 12.5 Å². The van der Waals surface area contributed by atoms with Gasteiger partial charge in [-0.3, -0.25) is 0 Å². The smallest absolute Gasteiger partial charge is 0.0583 e. The van der Waals surface area contributed by atoms with Gasteiger partial charge in [0, 0.05) is 6.61 Å². The minimum absolute atomic E-state index is 0.395. The summed E-state index contributed by atoms with van der Waals surface area (Å²) in [5, 5.41) is 0. The first-order chi connectivity index (χ1) is 6.74. The summed E-state index contributed by atoms with van der Waals surface area (Å²) < 4.78 is 5.88. The molecule has 1 heteroatoms. The average Bonchev–Trinajstić information content (AvgIpc) is 2.00. The fourth-order valence-electron chi connectivity index (χ4n) is 2.47. The molecule has 0 spiro atoms. The maximum atomic E-state index is 5.88. The monoisotopic (exact) mass is 212 g/mol. The van der Waals surface area contributed by atoms with E-state index in [1.165, 1.54) is 19.3 Å². The topological polar surface area (TPSA) is 9.23 Å². The van der Waals surface area contributed by atoms with Crippen LogP contribution >= 0.6 is 0 Å². The van der Waals surface area contributed by atoms with Gasteiger partial charge in [0.1, 0.15) is 0 Å². The zero-order chi connectivity index (χ0) is 11.7. The van der Waals surface area contributed by atoms with Crippen LogP contribution in [0.2, 0.25) is 0 Å². The molecule has 0 radical (unpaired) electrons. The van der Waals surface area contributed by atoms with Crippen LogP contribution in [-0.2, 0) is 4.74 Å². The molecule has 0 aromatic heterocycles. The lowest BCUT2D eigenvalue weighted by molar-refractivity contribution is -0.0892. The second-order valence-corrected chi connectivity index (χ2v) is 6.89. The van der Waals surface area contributed by atoms with Crippen LogP contribution in [0.25, 0.3) is 0 Å². The predicted octanol–water partition coefficient (Wildman–Crippen LogP) is 4.26. The molecule has 1 nitrogen and oxygen atoms in total. The van der Waals surface area contributed by atoms with Gasteiger partial charge in [-0.25, -0.2) is 0 Å². The third-order valence-corrected chi connectivity index (χ3v) is 4.23. The summed E-state index contributed by atoms with van der Waals surface area (Å²) in [6, 6.07) is 0. The molecule has 0 bridgehead atoms. The zero-order valence-corrected chi connectivity index (χ0v) is 11.4. The van der Waals surface area contributed by atoms with Crippen molar-refractivity contribution in [2.45, 2.75) is 66.9 Å². The summed E-state index contributed by atoms with van der Waals surface area (Å²) in [5.41, 5.74) is 0.844. The SMILES string of the molecule is CC(C)C[C@@H]1C[C@@](C)(C(C)(C)C)CCO1. The van der Waals surface area contributed by atoms with E-state index in [4.69, 9.17) is 4.74 Å². The first-order valence-electron chi connectivity index (χ1n) is 6.36. The van der Waals surface area contributed by atoms with Crippen molar-refractivity contribution in [2.75, 3.05) is 6.61 Å². The van der Waals surface area contributed by atoms with Gasteiger partial charge in [0.2, 0.25) is 0 Å². The van der Waals surface area contributed by atoms with Crippen molar-refractivity contribution >= 4 is 0 Å². The van der Waals surface area contributed by atoms with Gasteiger partial charge in [0.15, 0.2) is 0 Å². The highest BCUT2D eigenvalue weighted by Gasteiger charge is 2.41. The van der Waals surface area contributed by atoms with E-state index in [0.29, 0.717) is 16.9 Å². The van der Waals surface area contributed by atoms with E-state index >= 15 is 0 Å². The molecule has 1 fully saturated rings. The fourth-order valence-corrected chi connectivity index (χ4v) is 2.47. The Balaban J connectivity index is 2.63. The molecule has 15 heavy (non-hydrogen) atoms. The molecular formula is C14H28O. The van der Waals surface area contributed by atoms with E-state index in [1.54, 1.807) is 0 Å². The first-order valence-corrected chi connectivity index (χ1v) is 6.36. The number of ether oxygens (including phenoxy) is 1. The Morgan fingerprint density at radius 3 is 2.40 bits per heavy atom. The lowest BCUT2D eigenvalue weighted by atomic mass is 9.62. The van der Waals surface area contributed by atoms with Crippen molar-refractivity contribution in [1.82, 2.24) is 0 Å². The van der Waals surface area contributed by atoms with Crippen molar-refractivity contribution in [3.05, 3.63) is 0 Å². The lowest BCUT2D eigenvalue weighted by Crippen LogP contribution is -2.42. The van der Waals surface area contributed by atoms with Crippen LogP contribution in [0.5, 0.6) is 0 Å². The Morgan fingerprint density at radius 1 is 1.33 bits per heavy atom. The maximum Gasteiger partial charge on any atom is 0.0583 e. The Labute approximate surface area is 95.6 Å². The molecule has 0 aromatic carbocycles. The molecule has 1 rings (SSSR count). The molecule has 0 aromatic rings. The number of rotatable bonds is 2. The molecule has 0 saturated carbocycles. The second kappa shape index (κ2) is 4.45. The molecule has 0 amide bonds. The quantitative estimate of drug-likeness (QED) is 0.664. The normalized spacial score (nSPS) is 33.4. The van der Waals surface area contributed by atoms with Gasteiger partial charge < -0.3 is 4.74 Å². The second-order valence-electron chi connectivity index (χ2n) is 6.89. The van der Waals surface area contributed by atoms with E-state index < -0.39 is 0 Å². The summed E-state index contributed by atoms with van der Waals surface area (Å²) in [7, 11) is 0. The Morgan fingerprint density at radius 2 is 1.93 bits per heavy atom. The Bertz CT molecular complexity index is 202. The van der Waals surface area contributed by atoms with Gasteiger partial charge in [-0.1, -0.05) is 41.5 Å². The number of hydrogen-bond acceptors (Lipinski definition) is 1. The summed E-state index contributed by atoms with van der Waals surface area (Å²) in [6.45, 7) is 15.0. The molecule has 0 aliphatic carbocycles. The molecule has 1 heterocycles. The lowest BCUT2D eigenvalue weighted by Gasteiger charge is -2.47. The van der Waals surface area contributed by atoms with E-state index in [-0.39, 0.29) is 0 Å². The largest absolute Gasteiger partial charge is 0.378 e. The standard InChI is InChI=1S/C14H28O/c1-11(2)9-12-10-14(6,7-8-15-12)13(3,4)5/h11-12H,7-10H2,1-6H3/t12-,14+/m1/s1. The van der Waals surface area contributed by atoms with Gasteiger partial charge in [-0.15, -0.1) is 0 Å². The van der Waals surface area contributed by atoms with Crippen molar-refractivity contribution in [2.24, 2.45) is 16.7 Å². The van der Waals surface area contributed by atoms with Gasteiger partial charge in [0.05, 0.1) is 6.10 Å². The van der Waals surface area contributed by atoms with Gasteiger partial charge in [0.25, 0.3) is 0 Å². The third-order valence-electron chi connectivity index (χ3n) is 4.23. The maximum absolute atomic E-state index is 5.88. The Hall–Kier alpha value is -0.0400. The summed E-state index contributed by atoms with van der Waals surface area (Å²) in [6.07, 6.45) is 4.15. The van der Waals surface area contributed by atoms with Gasteiger partial charge in [-0.05, 0) is 36.0 Å². The molecule has 2 atom stereocenters. The van der Waals surface area contributed by atoms with Crippen LogP contribution in [0.15, 0.2) is 0 Å². The van der Waals surface area contributed by atoms with Crippen LogP contribution in [0.3, 0.4) is 0 Å². The first kappa shape index (κ1) is 13.0. The van der Waals surface area contributed by atoms with Crippen LogP contribution in [-0.4, -0.2) is 12.7 Å². The predicted molar refractivity (Wildman–Crippen MR) is 66.0 cm³/mol. The molecular weight excluding hydrogens is 184 g/mol. The van der Waals surface area contributed by atoms with Gasteiger partial charge >= 0.3 is 0 Å². The highest BCUT2D eigenvalue weighted by molar-refractivity contribution is 4.91. The summed E-state index contributed by atoms with van der Waals surface area (Å²) >= 11 is 0. The third kappa shape index (κ3) is 3.21. The molecule has 90 valence electrons. The van der Waals surface area contributed by atoms with Crippen LogP contribution in [0.1, 0.15) is 60.8 Å². The van der Waals surface area contributed by atoms with Crippen LogP contribution < -0.4 is 0 Å². The minimum atomic E-state index is 0.395. The molecule has 0 unspecified atom stereocenters. The van der Waals surface area contributed by atoms with Crippen molar-refractivity contribution in [3.8, 4) is 0 Å². The minimum Gasteiger partial charge on any atom is -0.378 e. The summed E-state index contributed by atoms with van der Waals surface area (Å²) in [5.74, 6) is 0.748. The highest BCUT2D eigenvalue weighted by atomic mass is 16.5. The fraction of sp³-hybridized carbons (Fsp3) is 1.00. The summed E-state index contributed by atoms with van der Waals surface area (Å²) in [4.78, 5) is 0. The molecule has 1 aliphatic rings. The van der Waals surface area contributed by atoms with Crippen molar-refractivity contribution in [1.29, 1.82) is 0 Å². The van der Waals surface area contributed by atoms with Gasteiger partial charge in [-0.2, -0.15) is 0 Å². The van der Waals surface area contributed by atoms with Crippen molar-refractivity contribution < 1.29 is 4.74 Å².